The van der Waals surface area contributed by atoms with Gasteiger partial charge in [-0.2, -0.15) is 4.98 Å². The highest BCUT2D eigenvalue weighted by Gasteiger charge is 2.23. The quantitative estimate of drug-likeness (QED) is 0.574. The smallest absolute Gasteiger partial charge is 0.251 e. The Bertz CT molecular complexity index is 711. The molecule has 0 saturated carbocycles. The van der Waals surface area contributed by atoms with Crippen molar-refractivity contribution in [1.29, 1.82) is 0 Å². The van der Waals surface area contributed by atoms with Crippen LogP contribution in [-0.4, -0.2) is 35.7 Å². The van der Waals surface area contributed by atoms with Crippen LogP contribution in [-0.2, 0) is 0 Å². The van der Waals surface area contributed by atoms with Crippen molar-refractivity contribution in [2.75, 3.05) is 19.6 Å². The van der Waals surface area contributed by atoms with Crippen molar-refractivity contribution in [2.24, 2.45) is 0 Å². The van der Waals surface area contributed by atoms with Crippen LogP contribution in [0.2, 0.25) is 0 Å². The Hall–Kier alpha value is -1.92. The van der Waals surface area contributed by atoms with Gasteiger partial charge in [-0.05, 0) is 31.5 Å². The van der Waals surface area contributed by atoms with E-state index in [4.69, 9.17) is 4.52 Å². The van der Waals surface area contributed by atoms with Crippen LogP contribution in [0, 0.1) is 0 Å². The maximum atomic E-state index is 12.2. The van der Waals surface area contributed by atoms with Gasteiger partial charge in [0.25, 0.3) is 5.91 Å². The van der Waals surface area contributed by atoms with Gasteiger partial charge in [0.2, 0.25) is 11.7 Å². The summed E-state index contributed by atoms with van der Waals surface area (Å²) < 4.78 is 5.40. The molecule has 7 heteroatoms. The first kappa shape index (κ1) is 22.4. The molecule has 2 heterocycles. The van der Waals surface area contributed by atoms with Crippen molar-refractivity contribution >= 4 is 18.3 Å². The Morgan fingerprint density at radius 3 is 2.64 bits per heavy atom. The van der Waals surface area contributed by atoms with E-state index in [2.05, 4.69) is 27.7 Å². The lowest BCUT2D eigenvalue weighted by Gasteiger charge is -2.05. The lowest BCUT2D eigenvalue weighted by Crippen LogP contribution is -2.24. The van der Waals surface area contributed by atoms with E-state index in [1.807, 2.05) is 24.3 Å². The summed E-state index contributed by atoms with van der Waals surface area (Å²) >= 11 is 0. The van der Waals surface area contributed by atoms with E-state index >= 15 is 0 Å². The number of carbonyl (C=O) groups excluding carboxylic acids is 1. The third-order valence-electron chi connectivity index (χ3n) is 5.07. The minimum atomic E-state index is -0.0269. The third-order valence-corrected chi connectivity index (χ3v) is 5.07. The Labute approximate surface area is 173 Å². The van der Waals surface area contributed by atoms with Gasteiger partial charge >= 0.3 is 0 Å². The number of nitrogens with one attached hydrogen (secondary N) is 2. The van der Waals surface area contributed by atoms with Crippen molar-refractivity contribution < 1.29 is 9.32 Å². The van der Waals surface area contributed by atoms with Crippen molar-refractivity contribution in [3.8, 4) is 11.4 Å². The molecule has 0 radical (unpaired) electrons. The Kier molecular flexibility index (Phi) is 9.44. The second-order valence-corrected chi connectivity index (χ2v) is 7.25. The molecule has 2 aromatic rings. The average molecular weight is 407 g/mol. The number of rotatable bonds is 10. The highest BCUT2D eigenvalue weighted by atomic mass is 35.5. The Balaban J connectivity index is 0.00000280. The fourth-order valence-electron chi connectivity index (χ4n) is 3.36. The Morgan fingerprint density at radius 1 is 1.18 bits per heavy atom. The van der Waals surface area contributed by atoms with Crippen LogP contribution in [0.25, 0.3) is 11.4 Å². The zero-order valence-corrected chi connectivity index (χ0v) is 17.4. The van der Waals surface area contributed by atoms with Crippen molar-refractivity contribution in [2.45, 2.75) is 57.8 Å². The first-order chi connectivity index (χ1) is 13.3. The van der Waals surface area contributed by atoms with Crippen LogP contribution >= 0.6 is 12.4 Å². The van der Waals surface area contributed by atoms with E-state index in [0.29, 0.717) is 23.2 Å². The van der Waals surface area contributed by atoms with E-state index in [9.17, 15) is 4.79 Å². The van der Waals surface area contributed by atoms with Crippen molar-refractivity contribution in [3.05, 3.63) is 35.7 Å². The molecule has 28 heavy (non-hydrogen) atoms. The van der Waals surface area contributed by atoms with Gasteiger partial charge in [0.05, 0.1) is 5.92 Å². The molecular weight excluding hydrogens is 376 g/mol. The van der Waals surface area contributed by atoms with E-state index < -0.39 is 0 Å². The molecule has 1 amide bonds. The number of unbranched alkanes of at least 4 members (excludes halogenated alkanes) is 5. The number of carbonyl (C=O) groups is 1. The summed E-state index contributed by atoms with van der Waals surface area (Å²) in [5, 5.41) is 10.4. The maximum Gasteiger partial charge on any atom is 0.251 e. The molecule has 0 aliphatic carbocycles. The first-order valence-corrected chi connectivity index (χ1v) is 10.2. The lowest BCUT2D eigenvalue weighted by molar-refractivity contribution is 0.0953. The lowest BCUT2D eigenvalue weighted by atomic mass is 10.1. The summed E-state index contributed by atoms with van der Waals surface area (Å²) in [5.74, 6) is 1.55. The van der Waals surface area contributed by atoms with Gasteiger partial charge in [-0.3, -0.25) is 4.79 Å². The largest absolute Gasteiger partial charge is 0.352 e. The van der Waals surface area contributed by atoms with Crippen LogP contribution in [0.3, 0.4) is 0 Å². The summed E-state index contributed by atoms with van der Waals surface area (Å²) in [4.78, 5) is 16.7. The molecule has 1 aromatic carbocycles. The van der Waals surface area contributed by atoms with Crippen LogP contribution < -0.4 is 10.6 Å². The number of nitrogens with zero attached hydrogens (tertiary/aromatic N) is 2. The number of amides is 1. The summed E-state index contributed by atoms with van der Waals surface area (Å²) in [6.45, 7) is 4.83. The molecule has 0 spiro atoms. The average Bonchev–Trinajstić information content (AvgIpc) is 3.39. The van der Waals surface area contributed by atoms with E-state index in [1.165, 1.54) is 32.1 Å². The minimum Gasteiger partial charge on any atom is -0.352 e. The monoisotopic (exact) mass is 406 g/mol. The zero-order valence-electron chi connectivity index (χ0n) is 16.6. The number of aromatic nitrogens is 2. The summed E-state index contributed by atoms with van der Waals surface area (Å²) in [6.07, 6.45) is 8.35. The SMILES string of the molecule is CCCCCCCCNC(=O)c1ccc(-c2noc(C3CCNC3)n2)cc1.Cl. The molecule has 2 N–H and O–H groups in total. The molecule has 1 unspecified atom stereocenters. The molecule has 1 aromatic heterocycles. The normalized spacial score (nSPS) is 16.0. The third kappa shape index (κ3) is 6.31. The number of halogens is 1. The van der Waals surface area contributed by atoms with Gasteiger partial charge in [-0.25, -0.2) is 0 Å². The molecule has 154 valence electrons. The molecule has 1 fully saturated rings. The number of benzene rings is 1. The van der Waals surface area contributed by atoms with Crippen LogP contribution in [0.15, 0.2) is 28.8 Å². The van der Waals surface area contributed by atoms with Gasteiger partial charge in [0.1, 0.15) is 0 Å². The van der Waals surface area contributed by atoms with Crippen LogP contribution in [0.5, 0.6) is 0 Å². The van der Waals surface area contributed by atoms with Gasteiger partial charge in [-0.15, -0.1) is 12.4 Å². The maximum absolute atomic E-state index is 12.2. The second kappa shape index (κ2) is 11.8. The van der Waals surface area contributed by atoms with Crippen LogP contribution in [0.4, 0.5) is 0 Å². The zero-order chi connectivity index (χ0) is 18.9. The van der Waals surface area contributed by atoms with E-state index in [-0.39, 0.29) is 18.3 Å². The fourth-order valence-corrected chi connectivity index (χ4v) is 3.36. The number of hydrogen-bond donors (Lipinski definition) is 2. The summed E-state index contributed by atoms with van der Waals surface area (Å²) in [7, 11) is 0. The van der Waals surface area contributed by atoms with Gasteiger partial charge < -0.3 is 15.2 Å². The van der Waals surface area contributed by atoms with E-state index in [1.54, 1.807) is 0 Å². The Morgan fingerprint density at radius 2 is 1.93 bits per heavy atom. The van der Waals surface area contributed by atoms with Gasteiger partial charge in [0.15, 0.2) is 0 Å². The summed E-state index contributed by atoms with van der Waals surface area (Å²) in [6, 6.07) is 7.39. The first-order valence-electron chi connectivity index (χ1n) is 10.2. The van der Waals surface area contributed by atoms with Crippen molar-refractivity contribution in [1.82, 2.24) is 20.8 Å². The van der Waals surface area contributed by atoms with E-state index in [0.717, 1.165) is 38.0 Å². The topological polar surface area (TPSA) is 80.0 Å². The minimum absolute atomic E-state index is 0. The molecule has 1 atom stereocenters. The highest BCUT2D eigenvalue weighted by Crippen LogP contribution is 2.24. The molecule has 1 aliphatic rings. The standard InChI is InChI=1S/C21H30N4O2.ClH/c1-2-3-4-5-6-7-13-23-20(26)17-10-8-16(9-11-17)19-24-21(27-25-19)18-12-14-22-15-18;/h8-11,18,22H,2-7,12-15H2,1H3,(H,23,26);1H. The molecule has 6 nitrogen and oxygen atoms in total. The van der Waals surface area contributed by atoms with Crippen LogP contribution in [0.1, 0.15) is 74.0 Å². The van der Waals surface area contributed by atoms with Gasteiger partial charge in [-0.1, -0.05) is 56.3 Å². The number of hydrogen-bond acceptors (Lipinski definition) is 5. The predicted molar refractivity (Wildman–Crippen MR) is 113 cm³/mol. The summed E-state index contributed by atoms with van der Waals surface area (Å²) in [5.41, 5.74) is 1.52. The predicted octanol–water partition coefficient (Wildman–Crippen LogP) is 4.33. The van der Waals surface area contributed by atoms with Crippen molar-refractivity contribution in [3.63, 3.8) is 0 Å². The molecule has 1 aliphatic heterocycles. The molecule has 3 rings (SSSR count). The molecular formula is C21H31ClN4O2. The fraction of sp³-hybridized carbons (Fsp3) is 0.571. The van der Waals surface area contributed by atoms with Gasteiger partial charge in [0, 0.05) is 24.2 Å². The highest BCUT2D eigenvalue weighted by molar-refractivity contribution is 5.94. The second-order valence-electron chi connectivity index (χ2n) is 7.25. The molecule has 0 bridgehead atoms. The molecule has 1 saturated heterocycles.